The van der Waals surface area contributed by atoms with Crippen LogP contribution < -0.4 is 0 Å². The first-order chi connectivity index (χ1) is 11.6. The molecular weight excluding hydrogens is 322 g/mol. The number of aromatic nitrogens is 2. The molecule has 0 atom stereocenters. The van der Waals surface area contributed by atoms with Gasteiger partial charge in [0, 0.05) is 29.4 Å². The van der Waals surface area contributed by atoms with Gasteiger partial charge in [-0.3, -0.25) is 9.58 Å². The van der Waals surface area contributed by atoms with Crippen LogP contribution in [-0.2, 0) is 13.1 Å². The molecule has 1 aliphatic heterocycles. The highest BCUT2D eigenvalue weighted by Gasteiger charge is 2.23. The van der Waals surface area contributed by atoms with Crippen molar-refractivity contribution in [3.63, 3.8) is 0 Å². The zero-order chi connectivity index (χ0) is 17.1. The van der Waals surface area contributed by atoms with Crippen LogP contribution in [0.25, 0.3) is 0 Å². The van der Waals surface area contributed by atoms with Crippen molar-refractivity contribution in [2.24, 2.45) is 0 Å². The first-order valence-corrected chi connectivity index (χ1v) is 9.07. The Bertz CT molecular complexity index is 667. The Labute approximate surface area is 149 Å². The lowest BCUT2D eigenvalue weighted by Crippen LogP contribution is -2.33. The molecular formula is C19H26ClN3O. The third-order valence-electron chi connectivity index (χ3n) is 5.11. The lowest BCUT2D eigenvalue weighted by atomic mass is 9.92. The van der Waals surface area contributed by atoms with Gasteiger partial charge in [0.1, 0.15) is 0 Å². The summed E-state index contributed by atoms with van der Waals surface area (Å²) in [5, 5.41) is 14.3. The van der Waals surface area contributed by atoms with E-state index in [0.29, 0.717) is 12.5 Å². The highest BCUT2D eigenvalue weighted by atomic mass is 35.5. The number of hydrogen-bond acceptors (Lipinski definition) is 3. The average Bonchev–Trinajstić information content (AvgIpc) is 3.00. The quantitative estimate of drug-likeness (QED) is 0.899. The van der Waals surface area contributed by atoms with Crippen molar-refractivity contribution in [3.8, 4) is 0 Å². The zero-order valence-electron chi connectivity index (χ0n) is 14.5. The molecule has 1 aromatic heterocycles. The fourth-order valence-corrected chi connectivity index (χ4v) is 4.10. The first-order valence-electron chi connectivity index (χ1n) is 8.69. The van der Waals surface area contributed by atoms with Crippen LogP contribution in [0.4, 0.5) is 0 Å². The van der Waals surface area contributed by atoms with E-state index in [9.17, 15) is 0 Å². The number of benzene rings is 1. The first kappa shape index (κ1) is 17.5. The van der Waals surface area contributed by atoms with Gasteiger partial charge in [0.2, 0.25) is 0 Å². The summed E-state index contributed by atoms with van der Waals surface area (Å²) >= 11 is 6.14. The fraction of sp³-hybridized carbons (Fsp3) is 0.526. The van der Waals surface area contributed by atoms with Crippen LogP contribution in [0.15, 0.2) is 24.4 Å². The van der Waals surface area contributed by atoms with E-state index in [1.807, 2.05) is 10.9 Å². The monoisotopic (exact) mass is 347 g/mol. The molecule has 130 valence electrons. The predicted molar refractivity (Wildman–Crippen MR) is 97.5 cm³/mol. The second kappa shape index (κ2) is 7.68. The number of aliphatic hydroxyl groups excluding tert-OH is 1. The topological polar surface area (TPSA) is 41.3 Å². The van der Waals surface area contributed by atoms with Crippen molar-refractivity contribution < 1.29 is 5.11 Å². The van der Waals surface area contributed by atoms with E-state index >= 15 is 0 Å². The standard InChI is InChI=1S/C19H26ClN3O/c1-14-11-17(20)12-15(2)18(14)13-22-7-4-16(5-8-22)19-3-6-21-23(19)9-10-24/h3,6,11-12,16,24H,4-5,7-10,13H2,1-2H3. The number of aryl methyl sites for hydroxylation is 2. The Morgan fingerprint density at radius 1 is 1.21 bits per heavy atom. The highest BCUT2D eigenvalue weighted by molar-refractivity contribution is 6.30. The molecule has 0 saturated carbocycles. The lowest BCUT2D eigenvalue weighted by molar-refractivity contribution is 0.198. The summed E-state index contributed by atoms with van der Waals surface area (Å²) in [6.45, 7) is 8.21. The van der Waals surface area contributed by atoms with Gasteiger partial charge >= 0.3 is 0 Å². The Hall–Kier alpha value is -1.36. The molecule has 0 radical (unpaired) electrons. The van der Waals surface area contributed by atoms with Gasteiger partial charge in [0.15, 0.2) is 0 Å². The number of likely N-dealkylation sites (tertiary alicyclic amines) is 1. The minimum absolute atomic E-state index is 0.142. The van der Waals surface area contributed by atoms with Gasteiger partial charge in [-0.15, -0.1) is 0 Å². The molecule has 0 spiro atoms. The van der Waals surface area contributed by atoms with E-state index in [1.54, 1.807) is 0 Å². The third-order valence-corrected chi connectivity index (χ3v) is 5.33. The van der Waals surface area contributed by atoms with Crippen LogP contribution in [-0.4, -0.2) is 39.5 Å². The molecule has 0 amide bonds. The van der Waals surface area contributed by atoms with E-state index < -0.39 is 0 Å². The van der Waals surface area contributed by atoms with E-state index in [2.05, 4.69) is 42.0 Å². The number of nitrogens with zero attached hydrogens (tertiary/aromatic N) is 3. The maximum absolute atomic E-state index is 9.16. The van der Waals surface area contributed by atoms with Crippen molar-refractivity contribution in [3.05, 3.63) is 51.8 Å². The van der Waals surface area contributed by atoms with Gasteiger partial charge in [-0.25, -0.2) is 0 Å². The van der Waals surface area contributed by atoms with Crippen LogP contribution in [0.5, 0.6) is 0 Å². The largest absolute Gasteiger partial charge is 0.394 e. The molecule has 1 N–H and O–H groups in total. The minimum atomic E-state index is 0.142. The molecule has 1 aliphatic rings. The summed E-state index contributed by atoms with van der Waals surface area (Å²) in [7, 11) is 0. The zero-order valence-corrected chi connectivity index (χ0v) is 15.3. The molecule has 2 heterocycles. The summed E-state index contributed by atoms with van der Waals surface area (Å²) in [5.41, 5.74) is 5.23. The second-order valence-electron chi connectivity index (χ2n) is 6.77. The van der Waals surface area contributed by atoms with Crippen molar-refractivity contribution in [1.29, 1.82) is 0 Å². The summed E-state index contributed by atoms with van der Waals surface area (Å²) in [4.78, 5) is 2.53. The van der Waals surface area contributed by atoms with E-state index in [4.69, 9.17) is 16.7 Å². The number of hydrogen-bond donors (Lipinski definition) is 1. The Morgan fingerprint density at radius 2 is 1.88 bits per heavy atom. The smallest absolute Gasteiger partial charge is 0.0644 e. The highest BCUT2D eigenvalue weighted by Crippen LogP contribution is 2.29. The number of piperidine rings is 1. The van der Waals surface area contributed by atoms with Crippen molar-refractivity contribution in [2.45, 2.75) is 45.7 Å². The van der Waals surface area contributed by atoms with Crippen LogP contribution in [0, 0.1) is 13.8 Å². The summed E-state index contributed by atoms with van der Waals surface area (Å²) in [6.07, 6.45) is 4.13. The number of aliphatic hydroxyl groups is 1. The van der Waals surface area contributed by atoms with E-state index in [0.717, 1.165) is 37.5 Å². The third kappa shape index (κ3) is 3.82. The van der Waals surface area contributed by atoms with Crippen LogP contribution in [0.1, 0.15) is 41.1 Å². The second-order valence-corrected chi connectivity index (χ2v) is 7.21. The molecule has 0 bridgehead atoms. The molecule has 1 aromatic carbocycles. The molecule has 4 nitrogen and oxygen atoms in total. The van der Waals surface area contributed by atoms with E-state index in [1.165, 1.54) is 22.4 Å². The minimum Gasteiger partial charge on any atom is -0.394 e. The van der Waals surface area contributed by atoms with E-state index in [-0.39, 0.29) is 6.61 Å². The Balaban J connectivity index is 1.62. The summed E-state index contributed by atoms with van der Waals surface area (Å²) < 4.78 is 1.95. The maximum atomic E-state index is 9.16. The summed E-state index contributed by atoms with van der Waals surface area (Å²) in [5.74, 6) is 0.544. The molecule has 3 rings (SSSR count). The lowest BCUT2D eigenvalue weighted by Gasteiger charge is -2.33. The van der Waals surface area contributed by atoms with Gasteiger partial charge in [0.05, 0.1) is 13.2 Å². The van der Waals surface area contributed by atoms with Gasteiger partial charge < -0.3 is 5.11 Å². The summed E-state index contributed by atoms with van der Waals surface area (Å²) in [6, 6.07) is 6.22. The fourth-order valence-electron chi connectivity index (χ4n) is 3.77. The molecule has 2 aromatic rings. The Morgan fingerprint density at radius 3 is 2.50 bits per heavy atom. The normalized spacial score (nSPS) is 16.7. The molecule has 5 heteroatoms. The maximum Gasteiger partial charge on any atom is 0.0644 e. The average molecular weight is 348 g/mol. The number of rotatable bonds is 5. The van der Waals surface area contributed by atoms with Crippen molar-refractivity contribution in [1.82, 2.24) is 14.7 Å². The van der Waals surface area contributed by atoms with Gasteiger partial charge in [-0.2, -0.15) is 5.10 Å². The predicted octanol–water partition coefficient (Wildman–Crippen LogP) is 3.53. The van der Waals surface area contributed by atoms with Crippen molar-refractivity contribution >= 4 is 11.6 Å². The molecule has 0 unspecified atom stereocenters. The van der Waals surface area contributed by atoms with Crippen LogP contribution in [0.2, 0.25) is 5.02 Å². The van der Waals surface area contributed by atoms with Crippen molar-refractivity contribution in [2.75, 3.05) is 19.7 Å². The molecule has 0 aliphatic carbocycles. The van der Waals surface area contributed by atoms with Crippen LogP contribution in [0.3, 0.4) is 0 Å². The van der Waals surface area contributed by atoms with Gasteiger partial charge in [0.25, 0.3) is 0 Å². The van der Waals surface area contributed by atoms with Crippen LogP contribution >= 0.6 is 11.6 Å². The molecule has 1 saturated heterocycles. The Kier molecular flexibility index (Phi) is 5.59. The SMILES string of the molecule is Cc1cc(Cl)cc(C)c1CN1CCC(c2ccnn2CCO)CC1. The molecule has 1 fully saturated rings. The molecule has 24 heavy (non-hydrogen) atoms. The number of halogens is 1. The van der Waals surface area contributed by atoms with Gasteiger partial charge in [-0.05, 0) is 74.7 Å². The van der Waals surface area contributed by atoms with Gasteiger partial charge in [-0.1, -0.05) is 11.6 Å².